The molecule has 0 spiro atoms. The number of hydrogen-bond acceptors (Lipinski definition) is 3. The van der Waals surface area contributed by atoms with Crippen molar-refractivity contribution in [2.45, 2.75) is 0 Å². The molecular formula is C51H35N5O. The monoisotopic (exact) mass is 733 g/mol. The first-order valence-corrected chi connectivity index (χ1v) is 19.0. The number of carbonyl (C=O) groups is 1. The van der Waals surface area contributed by atoms with Gasteiger partial charge in [0.15, 0.2) is 0 Å². The molecule has 8 bridgehead atoms. The van der Waals surface area contributed by atoms with Crippen LogP contribution in [0.5, 0.6) is 0 Å². The van der Waals surface area contributed by atoms with Crippen LogP contribution >= 0.6 is 0 Å². The van der Waals surface area contributed by atoms with Gasteiger partial charge in [0.1, 0.15) is 0 Å². The zero-order valence-electron chi connectivity index (χ0n) is 30.8. The lowest BCUT2D eigenvalue weighted by atomic mass is 10.0. The quantitative estimate of drug-likeness (QED) is 0.179. The van der Waals surface area contributed by atoms with E-state index in [1.165, 1.54) is 0 Å². The van der Waals surface area contributed by atoms with Crippen LogP contribution in [0.1, 0.15) is 33.1 Å². The molecule has 3 aromatic heterocycles. The van der Waals surface area contributed by atoms with Crippen molar-refractivity contribution in [1.29, 1.82) is 0 Å². The molecule has 57 heavy (non-hydrogen) atoms. The number of aromatic amines is 1. The van der Waals surface area contributed by atoms with Gasteiger partial charge in [0.05, 0.1) is 33.8 Å². The van der Waals surface area contributed by atoms with E-state index >= 15 is 0 Å². The van der Waals surface area contributed by atoms with Gasteiger partial charge in [-0.3, -0.25) is 14.9 Å². The number of H-pyrrole nitrogens is 1. The highest BCUT2D eigenvalue weighted by Crippen LogP contribution is 2.39. The van der Waals surface area contributed by atoms with Crippen LogP contribution in [-0.4, -0.2) is 25.5 Å². The fourth-order valence-corrected chi connectivity index (χ4v) is 7.83. The zero-order chi connectivity index (χ0) is 38.1. The smallest absolute Gasteiger partial charge is 0.270 e. The summed E-state index contributed by atoms with van der Waals surface area (Å²) in [6.45, 7) is 0. The molecule has 5 aromatic carbocycles. The predicted molar refractivity (Wildman–Crippen MR) is 234 cm³/mol. The van der Waals surface area contributed by atoms with Crippen molar-refractivity contribution in [2.24, 2.45) is 0 Å². The molecule has 0 unspecified atom stereocenters. The molecule has 2 aliphatic heterocycles. The SMILES string of the molecule is O=C(Nn1c2ccc1c(-c1ccccc1)c1nc(c(-c3ccccc3)c3ccc([nH]3)c(-c3ccccc3)c3nc(c2-c2ccccc2)C=C3)C=C1)c1ccccc1. The second-order valence-electron chi connectivity index (χ2n) is 13.9. The third-order valence-electron chi connectivity index (χ3n) is 10.4. The van der Waals surface area contributed by atoms with Crippen LogP contribution in [0.3, 0.4) is 0 Å². The van der Waals surface area contributed by atoms with E-state index in [1.807, 2.05) is 83.5 Å². The molecule has 0 saturated heterocycles. The molecule has 0 atom stereocenters. The number of nitrogens with zero attached hydrogens (tertiary/aromatic N) is 3. The van der Waals surface area contributed by atoms with E-state index in [-0.39, 0.29) is 5.91 Å². The van der Waals surface area contributed by atoms with Crippen molar-refractivity contribution in [3.8, 4) is 44.5 Å². The highest BCUT2D eigenvalue weighted by atomic mass is 16.2. The van der Waals surface area contributed by atoms with Crippen LogP contribution in [0.25, 0.3) is 90.9 Å². The van der Waals surface area contributed by atoms with Gasteiger partial charge in [-0.1, -0.05) is 140 Å². The molecule has 270 valence electrons. The number of fused-ring (bicyclic) bond motifs is 8. The maximum absolute atomic E-state index is 14.2. The number of benzene rings is 5. The Kier molecular flexibility index (Phi) is 8.54. The van der Waals surface area contributed by atoms with E-state index in [0.717, 1.165) is 89.4 Å². The van der Waals surface area contributed by atoms with Crippen LogP contribution in [0.4, 0.5) is 0 Å². The molecule has 6 nitrogen and oxygen atoms in total. The van der Waals surface area contributed by atoms with E-state index in [9.17, 15) is 4.79 Å². The Labute approximate surface area is 329 Å². The minimum absolute atomic E-state index is 0.239. The molecule has 2 aliphatic rings. The molecule has 0 saturated carbocycles. The van der Waals surface area contributed by atoms with Gasteiger partial charge in [-0.25, -0.2) is 9.97 Å². The fraction of sp³-hybridized carbons (Fsp3) is 0. The van der Waals surface area contributed by atoms with Crippen molar-refractivity contribution < 1.29 is 4.79 Å². The average molecular weight is 734 g/mol. The van der Waals surface area contributed by atoms with Crippen LogP contribution in [-0.2, 0) is 0 Å². The van der Waals surface area contributed by atoms with Gasteiger partial charge in [-0.2, -0.15) is 0 Å². The predicted octanol–water partition coefficient (Wildman–Crippen LogP) is 12.2. The summed E-state index contributed by atoms with van der Waals surface area (Å²) in [5, 5.41) is 0. The van der Waals surface area contributed by atoms with Gasteiger partial charge in [0.25, 0.3) is 5.91 Å². The summed E-state index contributed by atoms with van der Waals surface area (Å²) in [7, 11) is 0. The molecule has 0 aliphatic carbocycles. The Bertz CT molecular complexity index is 2840. The third-order valence-corrected chi connectivity index (χ3v) is 10.4. The van der Waals surface area contributed by atoms with Gasteiger partial charge < -0.3 is 4.98 Å². The van der Waals surface area contributed by atoms with Crippen molar-refractivity contribution in [1.82, 2.24) is 19.6 Å². The van der Waals surface area contributed by atoms with Gasteiger partial charge >= 0.3 is 0 Å². The summed E-state index contributed by atoms with van der Waals surface area (Å²) in [5.74, 6) is -0.239. The third kappa shape index (κ3) is 6.25. The highest BCUT2D eigenvalue weighted by Gasteiger charge is 2.21. The van der Waals surface area contributed by atoms with E-state index in [4.69, 9.17) is 9.97 Å². The lowest BCUT2D eigenvalue weighted by Gasteiger charge is -2.15. The normalized spacial score (nSPS) is 11.8. The first-order chi connectivity index (χ1) is 28.2. The molecule has 10 rings (SSSR count). The molecule has 8 aromatic rings. The van der Waals surface area contributed by atoms with Crippen molar-refractivity contribution in [2.75, 3.05) is 5.43 Å². The van der Waals surface area contributed by atoms with Crippen LogP contribution in [0.15, 0.2) is 176 Å². The summed E-state index contributed by atoms with van der Waals surface area (Å²) in [6.07, 6.45) is 8.33. The summed E-state index contributed by atoms with van der Waals surface area (Å²) in [4.78, 5) is 28.9. The maximum atomic E-state index is 14.2. The van der Waals surface area contributed by atoms with Crippen molar-refractivity contribution in [3.05, 3.63) is 204 Å². The van der Waals surface area contributed by atoms with Gasteiger partial charge in [0.2, 0.25) is 0 Å². The summed E-state index contributed by atoms with van der Waals surface area (Å²) < 4.78 is 1.91. The molecule has 1 amide bonds. The largest absolute Gasteiger partial charge is 0.354 e. The molecule has 0 fully saturated rings. The zero-order valence-corrected chi connectivity index (χ0v) is 30.8. The Morgan fingerprint density at radius 2 is 0.737 bits per heavy atom. The Hall–Kier alpha value is -7.83. The second-order valence-corrected chi connectivity index (χ2v) is 13.9. The molecule has 6 heteroatoms. The van der Waals surface area contributed by atoms with Crippen molar-refractivity contribution >= 4 is 52.3 Å². The molecular weight excluding hydrogens is 699 g/mol. The number of rotatable bonds is 6. The highest BCUT2D eigenvalue weighted by molar-refractivity contribution is 6.04. The Morgan fingerprint density at radius 3 is 1.12 bits per heavy atom. The number of hydrogen-bond donors (Lipinski definition) is 2. The topological polar surface area (TPSA) is 75.6 Å². The summed E-state index contributed by atoms with van der Waals surface area (Å²) in [6, 6.07) is 59.0. The molecule has 5 heterocycles. The number of amides is 1. The molecule has 0 radical (unpaired) electrons. The minimum Gasteiger partial charge on any atom is -0.354 e. The van der Waals surface area contributed by atoms with E-state index in [2.05, 4.69) is 132 Å². The van der Waals surface area contributed by atoms with E-state index in [1.54, 1.807) is 0 Å². The lowest BCUT2D eigenvalue weighted by molar-refractivity contribution is 0.101. The van der Waals surface area contributed by atoms with Gasteiger partial charge in [-0.05, 0) is 83.0 Å². The average Bonchev–Trinajstić information content (AvgIpc) is 4.11. The van der Waals surface area contributed by atoms with Gasteiger partial charge in [-0.15, -0.1) is 0 Å². The van der Waals surface area contributed by atoms with Crippen LogP contribution < -0.4 is 5.43 Å². The molecule has 2 N–H and O–H groups in total. The second kappa shape index (κ2) is 14.4. The standard InChI is InChI=1S/C51H35N5O/c57-51(38-24-14-5-15-25-38)55-56-45-32-33-46(56)50(37-22-12-4-13-23-37)44-31-29-42(54-44)48(35-18-8-2-9-19-35)40-27-26-39(52-40)47(34-16-6-1-7-17-34)41-28-30-43(53-41)49(45)36-20-10-3-11-21-36/h1-33,52H,(H,55,57). The Morgan fingerprint density at radius 1 is 0.404 bits per heavy atom. The van der Waals surface area contributed by atoms with Crippen LogP contribution in [0.2, 0.25) is 0 Å². The number of nitrogens with one attached hydrogen (secondary N) is 2. The Balaban J connectivity index is 1.42. The van der Waals surface area contributed by atoms with Crippen molar-refractivity contribution in [3.63, 3.8) is 0 Å². The summed E-state index contributed by atoms with van der Waals surface area (Å²) in [5.41, 5.74) is 18.2. The van der Waals surface area contributed by atoms with E-state index in [0.29, 0.717) is 5.56 Å². The summed E-state index contributed by atoms with van der Waals surface area (Å²) >= 11 is 0. The first-order valence-electron chi connectivity index (χ1n) is 19.0. The van der Waals surface area contributed by atoms with E-state index < -0.39 is 0 Å². The van der Waals surface area contributed by atoms with Crippen LogP contribution in [0, 0.1) is 0 Å². The van der Waals surface area contributed by atoms with Gasteiger partial charge in [0, 0.05) is 38.9 Å². The minimum atomic E-state index is -0.239. The maximum Gasteiger partial charge on any atom is 0.270 e. The lowest BCUT2D eigenvalue weighted by Crippen LogP contribution is -2.23. The number of carbonyl (C=O) groups excluding carboxylic acids is 1. The fourth-order valence-electron chi connectivity index (χ4n) is 7.83. The first kappa shape index (κ1) is 33.7. The number of aromatic nitrogens is 4.